The minimum absolute atomic E-state index is 0.143. The van der Waals surface area contributed by atoms with Crippen molar-refractivity contribution in [1.82, 2.24) is 9.55 Å². The van der Waals surface area contributed by atoms with Crippen LogP contribution in [0, 0.1) is 22.7 Å². The first-order valence-electron chi connectivity index (χ1n) is 7.16. The molecule has 0 atom stereocenters. The van der Waals surface area contributed by atoms with Gasteiger partial charge in [0.15, 0.2) is 22.9 Å². The van der Waals surface area contributed by atoms with E-state index in [4.69, 9.17) is 31.6 Å². The maximum atomic E-state index is 9.13. The zero-order valence-corrected chi connectivity index (χ0v) is 13.0. The van der Waals surface area contributed by atoms with E-state index >= 15 is 0 Å². The van der Waals surface area contributed by atoms with Crippen LogP contribution in [0.5, 0.6) is 11.5 Å². The van der Waals surface area contributed by atoms with E-state index in [1.165, 1.54) is 6.33 Å². The molecule has 2 aromatic rings. The second-order valence-corrected chi connectivity index (χ2v) is 5.47. The smallest absolute Gasteiger partial charge is 0.179 e. The fraction of sp³-hybridized carbons (Fsp3) is 0.312. The number of nitriles is 2. The minimum atomic E-state index is 0.143. The molecule has 1 aliphatic heterocycles. The second kappa shape index (κ2) is 6.60. The minimum Gasteiger partial charge on any atom is -0.489 e. The largest absolute Gasteiger partial charge is 0.489 e. The van der Waals surface area contributed by atoms with Crippen LogP contribution in [0.25, 0.3) is 0 Å². The van der Waals surface area contributed by atoms with Crippen LogP contribution in [0.2, 0.25) is 5.02 Å². The number of aryl methyl sites for hydroxylation is 2. The molecule has 0 radical (unpaired) electrons. The molecule has 7 heteroatoms. The van der Waals surface area contributed by atoms with Crippen molar-refractivity contribution in [2.24, 2.45) is 0 Å². The van der Waals surface area contributed by atoms with E-state index in [9.17, 15) is 0 Å². The van der Waals surface area contributed by atoms with Crippen molar-refractivity contribution in [2.45, 2.75) is 19.4 Å². The summed E-state index contributed by atoms with van der Waals surface area (Å²) in [5.41, 5.74) is 1.38. The lowest BCUT2D eigenvalue weighted by atomic mass is 10.1. The molecule has 1 aromatic carbocycles. The van der Waals surface area contributed by atoms with Gasteiger partial charge in [-0.3, -0.25) is 0 Å². The van der Waals surface area contributed by atoms with E-state index in [0.717, 1.165) is 12.0 Å². The lowest BCUT2D eigenvalue weighted by Gasteiger charge is -2.12. The summed E-state index contributed by atoms with van der Waals surface area (Å²) in [5.74, 6) is 1.23. The number of aromatic nitrogens is 2. The second-order valence-electron chi connectivity index (χ2n) is 5.06. The number of benzene rings is 1. The molecular weight excluding hydrogens is 316 g/mol. The van der Waals surface area contributed by atoms with Crippen molar-refractivity contribution >= 4 is 11.6 Å². The monoisotopic (exact) mass is 328 g/mol. The van der Waals surface area contributed by atoms with Crippen LogP contribution in [-0.4, -0.2) is 22.8 Å². The van der Waals surface area contributed by atoms with Gasteiger partial charge >= 0.3 is 0 Å². The summed E-state index contributed by atoms with van der Waals surface area (Å²) in [6.07, 6.45) is 2.95. The Kier molecular flexibility index (Phi) is 4.36. The fourth-order valence-electron chi connectivity index (χ4n) is 2.43. The van der Waals surface area contributed by atoms with Gasteiger partial charge in [0.25, 0.3) is 0 Å². The first-order chi connectivity index (χ1) is 11.2. The number of ether oxygens (including phenoxy) is 2. The Morgan fingerprint density at radius 1 is 1.22 bits per heavy atom. The average Bonchev–Trinajstić information content (AvgIpc) is 2.80. The summed E-state index contributed by atoms with van der Waals surface area (Å²) in [4.78, 5) is 3.93. The first-order valence-corrected chi connectivity index (χ1v) is 7.54. The molecule has 1 aliphatic rings. The van der Waals surface area contributed by atoms with Gasteiger partial charge in [-0.2, -0.15) is 10.5 Å². The van der Waals surface area contributed by atoms with Crippen molar-refractivity contribution in [3.8, 4) is 23.6 Å². The number of rotatable bonds is 3. The van der Waals surface area contributed by atoms with Gasteiger partial charge in [-0.15, -0.1) is 0 Å². The Balaban J connectivity index is 1.81. The predicted molar refractivity (Wildman–Crippen MR) is 82.4 cm³/mol. The van der Waals surface area contributed by atoms with Crippen molar-refractivity contribution in [3.63, 3.8) is 0 Å². The summed E-state index contributed by atoms with van der Waals surface area (Å²) in [5, 5.41) is 18.6. The molecule has 3 rings (SSSR count). The Bertz CT molecular complexity index is 817. The molecule has 23 heavy (non-hydrogen) atoms. The van der Waals surface area contributed by atoms with Gasteiger partial charge in [-0.25, -0.2) is 4.98 Å². The van der Waals surface area contributed by atoms with E-state index in [-0.39, 0.29) is 11.4 Å². The Hall–Kier alpha value is -2.70. The van der Waals surface area contributed by atoms with Gasteiger partial charge in [0, 0.05) is 13.0 Å². The zero-order chi connectivity index (χ0) is 16.2. The average molecular weight is 329 g/mol. The number of imidazole rings is 1. The van der Waals surface area contributed by atoms with Crippen LogP contribution in [-0.2, 0) is 13.0 Å². The van der Waals surface area contributed by atoms with Crippen LogP contribution in [0.4, 0.5) is 0 Å². The fourth-order valence-corrected chi connectivity index (χ4v) is 2.72. The molecule has 116 valence electrons. The molecule has 6 nitrogen and oxygen atoms in total. The topological polar surface area (TPSA) is 83.9 Å². The molecule has 2 heterocycles. The van der Waals surface area contributed by atoms with Crippen LogP contribution in [0.3, 0.4) is 0 Å². The Labute approximate surface area is 138 Å². The highest BCUT2D eigenvalue weighted by molar-refractivity contribution is 6.32. The Morgan fingerprint density at radius 2 is 2.04 bits per heavy atom. The standard InChI is InChI=1S/C16H13ClN4O2/c17-12-6-11(7-15-16(12)23-5-1-4-22-15)2-3-21-10-20-13(8-18)14(21)9-19/h6-7,10H,1-5H2. The molecule has 0 saturated heterocycles. The van der Waals surface area contributed by atoms with Gasteiger partial charge in [0.2, 0.25) is 0 Å². The van der Waals surface area contributed by atoms with Gasteiger partial charge in [-0.05, 0) is 24.1 Å². The van der Waals surface area contributed by atoms with Gasteiger partial charge in [0.05, 0.1) is 24.6 Å². The summed E-state index contributed by atoms with van der Waals surface area (Å²) in [6.45, 7) is 1.70. The normalized spacial score (nSPS) is 13.0. The Morgan fingerprint density at radius 3 is 2.83 bits per heavy atom. The first kappa shape index (κ1) is 15.2. The number of halogens is 1. The molecular formula is C16H13ClN4O2. The maximum Gasteiger partial charge on any atom is 0.179 e. The van der Waals surface area contributed by atoms with Crippen molar-refractivity contribution in [2.75, 3.05) is 13.2 Å². The molecule has 0 saturated carbocycles. The van der Waals surface area contributed by atoms with E-state index in [0.29, 0.717) is 42.7 Å². The highest BCUT2D eigenvalue weighted by Crippen LogP contribution is 2.38. The molecule has 1 aromatic heterocycles. The van der Waals surface area contributed by atoms with Crippen LogP contribution >= 0.6 is 11.6 Å². The number of fused-ring (bicyclic) bond motifs is 1. The van der Waals surface area contributed by atoms with Crippen molar-refractivity contribution in [1.29, 1.82) is 10.5 Å². The van der Waals surface area contributed by atoms with Gasteiger partial charge in [0.1, 0.15) is 12.1 Å². The quantitative estimate of drug-likeness (QED) is 0.864. The summed E-state index contributed by atoms with van der Waals surface area (Å²) in [7, 11) is 0. The van der Waals surface area contributed by atoms with E-state index in [1.54, 1.807) is 4.57 Å². The number of hydrogen-bond acceptors (Lipinski definition) is 5. The summed E-state index contributed by atoms with van der Waals surface area (Å²) in [6, 6.07) is 7.66. The molecule has 0 N–H and O–H groups in total. The molecule has 0 amide bonds. The highest BCUT2D eigenvalue weighted by Gasteiger charge is 2.16. The summed E-state index contributed by atoms with van der Waals surface area (Å²) >= 11 is 6.27. The number of nitrogens with zero attached hydrogens (tertiary/aromatic N) is 4. The third kappa shape index (κ3) is 3.08. The van der Waals surface area contributed by atoms with E-state index < -0.39 is 0 Å². The molecule has 0 spiro atoms. The van der Waals surface area contributed by atoms with E-state index in [2.05, 4.69) is 4.98 Å². The summed E-state index contributed by atoms with van der Waals surface area (Å²) < 4.78 is 12.9. The molecule has 0 unspecified atom stereocenters. The van der Waals surface area contributed by atoms with E-state index in [1.807, 2.05) is 24.3 Å². The lowest BCUT2D eigenvalue weighted by Crippen LogP contribution is -2.04. The van der Waals surface area contributed by atoms with Crippen LogP contribution < -0.4 is 9.47 Å². The number of hydrogen-bond donors (Lipinski definition) is 0. The SMILES string of the molecule is N#Cc1ncn(CCc2cc(Cl)c3c(c2)OCCCO3)c1C#N. The maximum absolute atomic E-state index is 9.13. The highest BCUT2D eigenvalue weighted by atomic mass is 35.5. The van der Waals surface area contributed by atoms with Crippen LogP contribution in [0.1, 0.15) is 23.4 Å². The zero-order valence-electron chi connectivity index (χ0n) is 12.3. The third-order valence-corrected chi connectivity index (χ3v) is 3.83. The third-order valence-electron chi connectivity index (χ3n) is 3.55. The van der Waals surface area contributed by atoms with Crippen molar-refractivity contribution in [3.05, 3.63) is 40.4 Å². The molecule has 0 bridgehead atoms. The molecule has 0 aliphatic carbocycles. The van der Waals surface area contributed by atoms with Crippen LogP contribution in [0.15, 0.2) is 18.5 Å². The predicted octanol–water partition coefficient (Wildman–Crippen LogP) is 2.68. The van der Waals surface area contributed by atoms with Gasteiger partial charge in [-0.1, -0.05) is 11.6 Å². The van der Waals surface area contributed by atoms with Gasteiger partial charge < -0.3 is 14.0 Å². The lowest BCUT2D eigenvalue weighted by molar-refractivity contribution is 0.297. The van der Waals surface area contributed by atoms with Crippen molar-refractivity contribution < 1.29 is 9.47 Å². The molecule has 0 fully saturated rings.